The second-order valence-electron chi connectivity index (χ2n) is 1.79. The van der Waals surface area contributed by atoms with Gasteiger partial charge in [0, 0.05) is 0 Å². The molecule has 7 heavy (non-hydrogen) atoms. The molecule has 0 aromatic carbocycles. The fourth-order valence-corrected chi connectivity index (χ4v) is 0.381. The molecule has 2 N–H and O–H groups in total. The SMILES string of the molecule is C=CC(C)CCN. The van der Waals surface area contributed by atoms with E-state index < -0.39 is 0 Å². The summed E-state index contributed by atoms with van der Waals surface area (Å²) in [7, 11) is 0. The van der Waals surface area contributed by atoms with Crippen molar-refractivity contribution >= 4 is 0 Å². The van der Waals surface area contributed by atoms with Crippen LogP contribution in [0.15, 0.2) is 12.7 Å². The molecule has 0 radical (unpaired) electrons. The predicted octanol–water partition coefficient (Wildman–Crippen LogP) is 1.16. The molecule has 0 bridgehead atoms. The first-order valence-electron chi connectivity index (χ1n) is 2.64. The van der Waals surface area contributed by atoms with E-state index in [1.165, 1.54) is 0 Å². The van der Waals surface area contributed by atoms with Crippen molar-refractivity contribution in [1.29, 1.82) is 0 Å². The summed E-state index contributed by atoms with van der Waals surface area (Å²) in [6.45, 7) is 6.51. The van der Waals surface area contributed by atoms with Crippen molar-refractivity contribution < 1.29 is 0 Å². The van der Waals surface area contributed by atoms with Crippen molar-refractivity contribution in [3.63, 3.8) is 0 Å². The Balaban J connectivity index is 2.98. The number of allylic oxidation sites excluding steroid dienone is 1. The number of nitrogens with two attached hydrogens (primary N) is 1. The second-order valence-corrected chi connectivity index (χ2v) is 1.79. The van der Waals surface area contributed by atoms with Gasteiger partial charge in [0.15, 0.2) is 0 Å². The highest BCUT2D eigenvalue weighted by Crippen LogP contribution is 1.98. The Hall–Kier alpha value is -0.300. The molecule has 0 aliphatic carbocycles. The van der Waals surface area contributed by atoms with Crippen molar-refractivity contribution in [3.05, 3.63) is 12.7 Å². The molecule has 1 nitrogen and oxygen atoms in total. The summed E-state index contributed by atoms with van der Waals surface area (Å²) in [6.07, 6.45) is 2.98. The van der Waals surface area contributed by atoms with E-state index in [4.69, 9.17) is 5.73 Å². The first kappa shape index (κ1) is 6.70. The third-order valence-corrected chi connectivity index (χ3v) is 1.02. The third kappa shape index (κ3) is 3.53. The quantitative estimate of drug-likeness (QED) is 0.528. The fourth-order valence-electron chi connectivity index (χ4n) is 0.381. The molecule has 0 aliphatic heterocycles. The van der Waals surface area contributed by atoms with E-state index in [2.05, 4.69) is 13.5 Å². The lowest BCUT2D eigenvalue weighted by Gasteiger charge is -1.98. The van der Waals surface area contributed by atoms with Crippen LogP contribution in [-0.2, 0) is 0 Å². The van der Waals surface area contributed by atoms with Crippen molar-refractivity contribution in [1.82, 2.24) is 0 Å². The molecule has 0 aliphatic rings. The fraction of sp³-hybridized carbons (Fsp3) is 0.667. The molecule has 0 saturated heterocycles. The van der Waals surface area contributed by atoms with Gasteiger partial charge in [-0.25, -0.2) is 0 Å². The maximum absolute atomic E-state index is 5.26. The first-order valence-corrected chi connectivity index (χ1v) is 2.64. The molecule has 0 aromatic rings. The highest BCUT2D eigenvalue weighted by atomic mass is 14.5. The number of hydrogen-bond acceptors (Lipinski definition) is 1. The monoisotopic (exact) mass is 99.1 g/mol. The van der Waals surface area contributed by atoms with Gasteiger partial charge < -0.3 is 5.73 Å². The van der Waals surface area contributed by atoms with Crippen LogP contribution in [0.5, 0.6) is 0 Å². The van der Waals surface area contributed by atoms with Gasteiger partial charge in [0.1, 0.15) is 0 Å². The maximum Gasteiger partial charge on any atom is -0.00718 e. The minimum absolute atomic E-state index is 0.588. The van der Waals surface area contributed by atoms with Gasteiger partial charge in [-0.2, -0.15) is 0 Å². The van der Waals surface area contributed by atoms with Gasteiger partial charge in [-0.15, -0.1) is 6.58 Å². The summed E-state index contributed by atoms with van der Waals surface area (Å²) in [5.41, 5.74) is 5.26. The number of hydrogen-bond donors (Lipinski definition) is 1. The molecule has 0 aromatic heterocycles. The van der Waals surface area contributed by atoms with E-state index in [-0.39, 0.29) is 0 Å². The molecule has 1 atom stereocenters. The Bertz CT molecular complexity index is 50.1. The van der Waals surface area contributed by atoms with Crippen LogP contribution in [0.4, 0.5) is 0 Å². The van der Waals surface area contributed by atoms with E-state index in [0.717, 1.165) is 13.0 Å². The molecule has 0 amide bonds. The lowest BCUT2D eigenvalue weighted by Crippen LogP contribution is -2.02. The Morgan fingerprint density at radius 1 is 1.86 bits per heavy atom. The van der Waals surface area contributed by atoms with Crippen LogP contribution in [0.2, 0.25) is 0 Å². The Morgan fingerprint density at radius 2 is 2.43 bits per heavy atom. The standard InChI is InChI=1S/C6H13N/c1-3-6(2)4-5-7/h3,6H,1,4-5,7H2,2H3. The molecule has 0 spiro atoms. The molecule has 0 rings (SSSR count). The van der Waals surface area contributed by atoms with Crippen molar-refractivity contribution in [2.24, 2.45) is 11.7 Å². The lowest BCUT2D eigenvalue weighted by atomic mass is 10.1. The van der Waals surface area contributed by atoms with Gasteiger partial charge in [0.2, 0.25) is 0 Å². The average molecular weight is 99.2 g/mol. The van der Waals surface area contributed by atoms with Crippen molar-refractivity contribution in [3.8, 4) is 0 Å². The zero-order chi connectivity index (χ0) is 5.70. The summed E-state index contributed by atoms with van der Waals surface area (Å²) in [5, 5.41) is 0. The van der Waals surface area contributed by atoms with Gasteiger partial charge >= 0.3 is 0 Å². The van der Waals surface area contributed by atoms with Crippen LogP contribution in [0.3, 0.4) is 0 Å². The normalized spacial score (nSPS) is 13.4. The van der Waals surface area contributed by atoms with Crippen LogP contribution in [-0.4, -0.2) is 6.54 Å². The van der Waals surface area contributed by atoms with E-state index in [9.17, 15) is 0 Å². The highest BCUT2D eigenvalue weighted by molar-refractivity contribution is 4.74. The van der Waals surface area contributed by atoms with Crippen molar-refractivity contribution in [2.45, 2.75) is 13.3 Å². The van der Waals surface area contributed by atoms with Gasteiger partial charge in [-0.3, -0.25) is 0 Å². The molecule has 0 fully saturated rings. The molecule has 0 heterocycles. The van der Waals surface area contributed by atoms with Crippen LogP contribution in [0.25, 0.3) is 0 Å². The van der Waals surface area contributed by atoms with Gasteiger partial charge in [0.25, 0.3) is 0 Å². The van der Waals surface area contributed by atoms with Crippen LogP contribution < -0.4 is 5.73 Å². The number of rotatable bonds is 3. The summed E-state index contributed by atoms with van der Waals surface area (Å²) in [5.74, 6) is 0.588. The van der Waals surface area contributed by atoms with E-state index in [1.807, 2.05) is 6.08 Å². The second kappa shape index (κ2) is 3.88. The van der Waals surface area contributed by atoms with E-state index in [0.29, 0.717) is 5.92 Å². The smallest absolute Gasteiger partial charge is 0.00718 e. The molecule has 1 unspecified atom stereocenters. The Kier molecular flexibility index (Phi) is 3.71. The van der Waals surface area contributed by atoms with Crippen LogP contribution >= 0.6 is 0 Å². The summed E-state index contributed by atoms with van der Waals surface area (Å²) >= 11 is 0. The maximum atomic E-state index is 5.26. The Labute approximate surface area is 45.2 Å². The van der Waals surface area contributed by atoms with Crippen LogP contribution in [0.1, 0.15) is 13.3 Å². The van der Waals surface area contributed by atoms with Crippen molar-refractivity contribution in [2.75, 3.05) is 6.54 Å². The first-order chi connectivity index (χ1) is 3.31. The van der Waals surface area contributed by atoms with Gasteiger partial charge in [0.05, 0.1) is 0 Å². The molecular formula is C6H13N. The summed E-state index contributed by atoms with van der Waals surface area (Å²) < 4.78 is 0. The zero-order valence-electron chi connectivity index (χ0n) is 4.85. The zero-order valence-corrected chi connectivity index (χ0v) is 4.85. The molecule has 1 heteroatoms. The summed E-state index contributed by atoms with van der Waals surface area (Å²) in [6, 6.07) is 0. The molecular weight excluding hydrogens is 86.1 g/mol. The topological polar surface area (TPSA) is 26.0 Å². The molecule has 0 saturated carbocycles. The average Bonchev–Trinajstić information content (AvgIpc) is 1.68. The lowest BCUT2D eigenvalue weighted by molar-refractivity contribution is 0.660. The minimum Gasteiger partial charge on any atom is -0.330 e. The van der Waals surface area contributed by atoms with Gasteiger partial charge in [-0.05, 0) is 18.9 Å². The van der Waals surface area contributed by atoms with Crippen LogP contribution in [0, 0.1) is 5.92 Å². The van der Waals surface area contributed by atoms with E-state index >= 15 is 0 Å². The largest absolute Gasteiger partial charge is 0.330 e. The Morgan fingerprint density at radius 3 is 2.57 bits per heavy atom. The van der Waals surface area contributed by atoms with Gasteiger partial charge in [-0.1, -0.05) is 13.0 Å². The van der Waals surface area contributed by atoms with E-state index in [1.54, 1.807) is 0 Å². The molecule has 42 valence electrons. The highest BCUT2D eigenvalue weighted by Gasteiger charge is 1.89. The summed E-state index contributed by atoms with van der Waals surface area (Å²) in [4.78, 5) is 0. The third-order valence-electron chi connectivity index (χ3n) is 1.02. The minimum atomic E-state index is 0.588. The predicted molar refractivity (Wildman–Crippen MR) is 33.0 cm³/mol.